The number of aryl methyl sites for hydroxylation is 1. The third kappa shape index (κ3) is 5.70. The lowest BCUT2D eigenvalue weighted by molar-refractivity contribution is -0.130. The minimum absolute atomic E-state index is 0.221. The normalized spacial score (nSPS) is 24.0. The molecular formula is C26H35N5O8S. The summed E-state index contributed by atoms with van der Waals surface area (Å²) >= 11 is 0. The number of ether oxygens (including phenoxy) is 3. The first kappa shape index (κ1) is 29.5. The number of hydrogen-bond acceptors (Lipinski definition) is 10. The van der Waals surface area contributed by atoms with E-state index >= 15 is 0 Å². The van der Waals surface area contributed by atoms with Crippen LogP contribution in [0.4, 0.5) is 0 Å². The third-order valence-corrected chi connectivity index (χ3v) is 8.47. The van der Waals surface area contributed by atoms with E-state index < -0.39 is 39.5 Å². The topological polar surface area (TPSA) is 157 Å². The van der Waals surface area contributed by atoms with Gasteiger partial charge in [-0.1, -0.05) is 10.5 Å². The molecule has 2 heterocycles. The summed E-state index contributed by atoms with van der Waals surface area (Å²) in [6.45, 7) is 8.27. The first-order valence-electron chi connectivity index (χ1n) is 12.8. The first-order valence-corrected chi connectivity index (χ1v) is 14.2. The maximum atomic E-state index is 13.2. The summed E-state index contributed by atoms with van der Waals surface area (Å²) in [5.41, 5.74) is 0.106. The number of carbonyl (C=O) groups excluding carboxylic acids is 2. The molecule has 2 amide bonds. The summed E-state index contributed by atoms with van der Waals surface area (Å²) in [4.78, 5) is 35.5. The van der Waals surface area contributed by atoms with Crippen molar-refractivity contribution >= 4 is 32.9 Å². The molecule has 4 atom stereocenters. The van der Waals surface area contributed by atoms with Crippen molar-refractivity contribution in [1.29, 1.82) is 0 Å². The fraction of sp³-hybridized carbons (Fsp3) is 0.500. The number of carbonyl (C=O) groups is 2. The molecule has 1 aromatic carbocycles. The zero-order chi connectivity index (χ0) is 29.2. The maximum absolute atomic E-state index is 13.2. The first-order chi connectivity index (χ1) is 19.0. The van der Waals surface area contributed by atoms with Gasteiger partial charge in [-0.3, -0.25) is 14.4 Å². The molecule has 1 saturated carbocycles. The van der Waals surface area contributed by atoms with E-state index in [0.29, 0.717) is 46.9 Å². The van der Waals surface area contributed by atoms with Gasteiger partial charge in [-0.05, 0) is 32.4 Å². The minimum atomic E-state index is -4.25. The van der Waals surface area contributed by atoms with Gasteiger partial charge in [0.05, 0.1) is 32.4 Å². The largest absolute Gasteiger partial charge is 0.496 e. The van der Waals surface area contributed by atoms with Crippen LogP contribution in [0.5, 0.6) is 17.4 Å². The van der Waals surface area contributed by atoms with Crippen molar-refractivity contribution in [3.05, 3.63) is 36.4 Å². The molecular weight excluding hydrogens is 542 g/mol. The van der Waals surface area contributed by atoms with Crippen LogP contribution in [0.2, 0.25) is 0 Å². The molecule has 0 radical (unpaired) electrons. The van der Waals surface area contributed by atoms with E-state index in [0.717, 1.165) is 25.1 Å². The van der Waals surface area contributed by atoms with Gasteiger partial charge in [0.25, 0.3) is 5.91 Å². The van der Waals surface area contributed by atoms with Gasteiger partial charge in [0.2, 0.25) is 11.8 Å². The number of hydroxylamine groups is 1. The maximum Gasteiger partial charge on any atom is 0.325 e. The summed E-state index contributed by atoms with van der Waals surface area (Å²) in [7, 11) is -0.361. The number of fused-ring (bicyclic) bond motifs is 1. The van der Waals surface area contributed by atoms with E-state index in [1.165, 1.54) is 6.08 Å². The van der Waals surface area contributed by atoms with Crippen molar-refractivity contribution in [2.24, 2.45) is 5.92 Å². The molecule has 2 aromatic rings. The van der Waals surface area contributed by atoms with E-state index in [9.17, 15) is 18.0 Å². The predicted octanol–water partition coefficient (Wildman–Crippen LogP) is 0.975. The van der Waals surface area contributed by atoms with Crippen molar-refractivity contribution < 1.29 is 37.1 Å². The second-order valence-electron chi connectivity index (χ2n) is 9.65. The number of benzene rings is 1. The van der Waals surface area contributed by atoms with Crippen LogP contribution in [0.15, 0.2) is 30.9 Å². The quantitative estimate of drug-likeness (QED) is 0.245. The van der Waals surface area contributed by atoms with Crippen LogP contribution in [-0.4, -0.2) is 81.8 Å². The Morgan fingerprint density at radius 2 is 2.05 bits per heavy atom. The van der Waals surface area contributed by atoms with Crippen LogP contribution in [0.25, 0.3) is 10.9 Å². The number of nitrogens with zero attached hydrogens (tertiary/aromatic N) is 2. The Morgan fingerprint density at radius 3 is 2.67 bits per heavy atom. The fourth-order valence-corrected chi connectivity index (χ4v) is 5.52. The van der Waals surface area contributed by atoms with E-state index in [4.69, 9.17) is 14.2 Å². The lowest BCUT2D eigenvalue weighted by Gasteiger charge is -2.22. The Morgan fingerprint density at radius 1 is 1.30 bits per heavy atom. The standard InChI is InChI=1S/C26H35N5O8S/c1-7-16-13-26(16,25(33)30-40(34,35)31(4)37-6)29-24(32)19-11-17(14-27-19)39-21-12-22(38-8-2)28-23-15(3)20(36-5)10-9-18(21)23/h7,9-10,12,16-17,19,27H,1,8,11,13-14H2,2-6H3,(H,29,32)(H,30,33)/t16?,17-,19+,26-/m1/s1. The number of nitrogens with one attached hydrogen (secondary N) is 3. The Balaban J connectivity index is 1.48. The van der Waals surface area contributed by atoms with Gasteiger partial charge in [0.1, 0.15) is 23.1 Å². The van der Waals surface area contributed by atoms with Crippen molar-refractivity contribution in [3.63, 3.8) is 0 Å². The summed E-state index contributed by atoms with van der Waals surface area (Å²) < 4.78 is 44.5. The van der Waals surface area contributed by atoms with Crippen molar-refractivity contribution in [2.45, 2.75) is 44.4 Å². The van der Waals surface area contributed by atoms with Crippen LogP contribution < -0.4 is 29.6 Å². The van der Waals surface area contributed by atoms with E-state index in [2.05, 4.69) is 27.0 Å². The van der Waals surface area contributed by atoms with Gasteiger partial charge in [-0.25, -0.2) is 9.71 Å². The molecule has 40 heavy (non-hydrogen) atoms. The van der Waals surface area contributed by atoms with Gasteiger partial charge < -0.3 is 24.8 Å². The number of aromatic nitrogens is 1. The molecule has 14 heteroatoms. The van der Waals surface area contributed by atoms with Crippen LogP contribution in [0.1, 0.15) is 25.3 Å². The van der Waals surface area contributed by atoms with Crippen molar-refractivity contribution in [3.8, 4) is 17.4 Å². The third-order valence-electron chi connectivity index (χ3n) is 7.20. The number of methoxy groups -OCH3 is 1. The molecule has 13 nitrogen and oxygen atoms in total. The highest BCUT2D eigenvalue weighted by atomic mass is 32.2. The molecule has 0 spiro atoms. The van der Waals surface area contributed by atoms with Gasteiger partial charge in [0, 0.05) is 42.9 Å². The molecule has 0 bridgehead atoms. The lowest BCUT2D eigenvalue weighted by Crippen LogP contribution is -2.56. The minimum Gasteiger partial charge on any atom is -0.496 e. The van der Waals surface area contributed by atoms with Crippen LogP contribution >= 0.6 is 0 Å². The highest BCUT2D eigenvalue weighted by Crippen LogP contribution is 2.45. The predicted molar refractivity (Wildman–Crippen MR) is 146 cm³/mol. The molecule has 3 N–H and O–H groups in total. The van der Waals surface area contributed by atoms with Crippen molar-refractivity contribution in [1.82, 2.24) is 24.8 Å². The summed E-state index contributed by atoms with van der Waals surface area (Å²) in [5, 5.41) is 6.65. The van der Waals surface area contributed by atoms with Crippen LogP contribution in [0.3, 0.4) is 0 Å². The molecule has 218 valence electrons. The number of amides is 2. The second kappa shape index (κ2) is 11.6. The van der Waals surface area contributed by atoms with E-state index in [-0.39, 0.29) is 12.5 Å². The number of pyridine rings is 1. The molecule has 4 rings (SSSR count). The Kier molecular flexibility index (Phi) is 8.54. The number of rotatable bonds is 12. The molecule has 1 aromatic heterocycles. The molecule has 2 aliphatic rings. The summed E-state index contributed by atoms with van der Waals surface area (Å²) in [5.74, 6) is -0.0712. The highest BCUT2D eigenvalue weighted by molar-refractivity contribution is 7.87. The fourth-order valence-electron chi connectivity index (χ4n) is 4.78. The molecule has 2 fully saturated rings. The zero-order valence-electron chi connectivity index (χ0n) is 23.1. The smallest absolute Gasteiger partial charge is 0.325 e. The zero-order valence-corrected chi connectivity index (χ0v) is 24.0. The Bertz CT molecular complexity index is 1420. The Hall–Kier alpha value is -3.46. The average Bonchev–Trinajstić information content (AvgIpc) is 3.44. The van der Waals surface area contributed by atoms with Crippen LogP contribution in [-0.2, 0) is 24.6 Å². The van der Waals surface area contributed by atoms with Gasteiger partial charge in [-0.15, -0.1) is 6.58 Å². The van der Waals surface area contributed by atoms with Gasteiger partial charge in [-0.2, -0.15) is 8.42 Å². The second-order valence-corrected chi connectivity index (χ2v) is 11.3. The van der Waals surface area contributed by atoms with Crippen molar-refractivity contribution in [2.75, 3.05) is 34.4 Å². The van der Waals surface area contributed by atoms with E-state index in [1.54, 1.807) is 13.2 Å². The molecule has 1 unspecified atom stereocenters. The molecule has 1 aliphatic carbocycles. The number of hydrogen-bond donors (Lipinski definition) is 3. The summed E-state index contributed by atoms with van der Waals surface area (Å²) in [6.07, 6.45) is 1.69. The molecule has 1 saturated heterocycles. The highest BCUT2D eigenvalue weighted by Gasteiger charge is 2.61. The van der Waals surface area contributed by atoms with Gasteiger partial charge >= 0.3 is 10.2 Å². The molecule has 1 aliphatic heterocycles. The monoisotopic (exact) mass is 577 g/mol. The lowest BCUT2D eigenvalue weighted by atomic mass is 10.1. The summed E-state index contributed by atoms with van der Waals surface area (Å²) in [6, 6.07) is 4.77. The average molecular weight is 578 g/mol. The van der Waals surface area contributed by atoms with Gasteiger partial charge in [0.15, 0.2) is 0 Å². The van der Waals surface area contributed by atoms with Crippen LogP contribution in [0, 0.1) is 12.8 Å². The van der Waals surface area contributed by atoms with E-state index in [1.807, 2.05) is 30.7 Å². The SMILES string of the molecule is C=CC1C[C@]1(NC(=O)[C@@H]1C[C@@H](Oc2cc(OCC)nc3c(C)c(OC)ccc23)CN1)C(=O)NS(=O)(=O)N(C)OC. The Labute approximate surface area is 233 Å².